The fourth-order valence-corrected chi connectivity index (χ4v) is 4.38. The Labute approximate surface area is 247 Å². The molecule has 0 unspecified atom stereocenters. The van der Waals surface area contributed by atoms with Crippen molar-refractivity contribution < 1.29 is 32.5 Å². The largest absolute Gasteiger partial charge is 0.493 e. The van der Waals surface area contributed by atoms with Gasteiger partial charge in [-0.2, -0.15) is 17.9 Å². The first-order valence-corrected chi connectivity index (χ1v) is 13.4. The zero-order valence-corrected chi connectivity index (χ0v) is 23.6. The molecule has 0 bridgehead atoms. The highest BCUT2D eigenvalue weighted by molar-refractivity contribution is 6.32. The molecule has 5 aromatic rings. The van der Waals surface area contributed by atoms with Gasteiger partial charge in [-0.25, -0.2) is 14.8 Å². The van der Waals surface area contributed by atoms with Crippen molar-refractivity contribution >= 4 is 22.4 Å². The maximum atomic E-state index is 13.6. The summed E-state index contributed by atoms with van der Waals surface area (Å²) in [5, 5.41) is 14.6. The molecule has 0 amide bonds. The minimum Gasteiger partial charge on any atom is -0.493 e. The van der Waals surface area contributed by atoms with Gasteiger partial charge >= 0.3 is 11.9 Å². The maximum Gasteiger partial charge on any atom is 0.425 e. The van der Waals surface area contributed by atoms with Crippen LogP contribution in [-0.2, 0) is 24.5 Å². The fourth-order valence-electron chi connectivity index (χ4n) is 4.24. The number of benzene rings is 2. The lowest BCUT2D eigenvalue weighted by molar-refractivity contribution is -0.189. The Kier molecular flexibility index (Phi) is 8.55. The van der Waals surface area contributed by atoms with Crippen molar-refractivity contribution in [1.29, 1.82) is 0 Å². The van der Waals surface area contributed by atoms with Crippen molar-refractivity contribution in [3.8, 4) is 28.9 Å². The Morgan fingerprint density at radius 1 is 1.05 bits per heavy atom. The molecule has 0 saturated heterocycles. The first kappa shape index (κ1) is 29.9. The quantitative estimate of drug-likeness (QED) is 0.198. The first-order chi connectivity index (χ1) is 20.5. The second-order valence-electron chi connectivity index (χ2n) is 9.37. The first-order valence-electron chi connectivity index (χ1n) is 13.0. The maximum absolute atomic E-state index is 13.6. The molecule has 224 valence electrons. The number of rotatable bonds is 10. The lowest BCUT2D eigenvalue weighted by Crippen LogP contribution is -2.31. The molecule has 1 atom stereocenters. The number of nitrogens with zero attached hydrogens (tertiary/aromatic N) is 5. The van der Waals surface area contributed by atoms with E-state index in [1.54, 1.807) is 13.0 Å². The number of fused-ring (bicyclic) bond motifs is 1. The Morgan fingerprint density at radius 3 is 2.53 bits per heavy atom. The molecule has 0 aliphatic heterocycles. The molecule has 3 heterocycles. The van der Waals surface area contributed by atoms with E-state index in [4.69, 9.17) is 25.8 Å². The van der Waals surface area contributed by atoms with E-state index in [1.807, 2.05) is 30.3 Å². The van der Waals surface area contributed by atoms with Crippen molar-refractivity contribution in [3.63, 3.8) is 0 Å². The van der Waals surface area contributed by atoms with E-state index in [0.29, 0.717) is 17.8 Å². The summed E-state index contributed by atoms with van der Waals surface area (Å²) in [7, 11) is 0. The smallest absolute Gasteiger partial charge is 0.425 e. The molecule has 10 nitrogen and oxygen atoms in total. The van der Waals surface area contributed by atoms with Crippen LogP contribution in [0, 0.1) is 0 Å². The molecule has 5 rings (SSSR count). The predicted molar refractivity (Wildman–Crippen MR) is 151 cm³/mol. The van der Waals surface area contributed by atoms with Gasteiger partial charge in [0.05, 0.1) is 23.9 Å². The van der Waals surface area contributed by atoms with E-state index in [1.165, 1.54) is 22.9 Å². The Morgan fingerprint density at radius 2 is 1.81 bits per heavy atom. The number of pyridine rings is 2. The average molecular weight is 616 g/mol. The van der Waals surface area contributed by atoms with E-state index in [2.05, 4.69) is 15.1 Å². The van der Waals surface area contributed by atoms with Crippen molar-refractivity contribution in [2.24, 2.45) is 0 Å². The number of aromatic hydroxyl groups is 1. The highest BCUT2D eigenvalue weighted by Gasteiger charge is 2.38. The van der Waals surface area contributed by atoms with Crippen LogP contribution >= 0.6 is 11.6 Å². The van der Waals surface area contributed by atoms with Gasteiger partial charge in [0.15, 0.2) is 17.7 Å². The normalized spacial score (nSPS) is 12.4. The van der Waals surface area contributed by atoms with Crippen molar-refractivity contribution in [2.45, 2.75) is 45.9 Å². The standard InChI is InChI=1S/C29H25ClF3N5O5/c1-3-37-24(16-41-15-18-7-5-4-6-8-18)36-38(28(37)40)20-11-19-9-10-34-27(43-22-13-25(39)35-14-21(22)30)26(19)23(12-20)42-17(2)29(31,32)33/h4-14,17H,3,15-16H2,1-2H3,(H,35,39)/t17-/m0/s1. The second-order valence-corrected chi connectivity index (χ2v) is 9.78. The van der Waals surface area contributed by atoms with Crippen LogP contribution in [0.1, 0.15) is 25.2 Å². The van der Waals surface area contributed by atoms with Crippen LogP contribution in [0.5, 0.6) is 23.3 Å². The van der Waals surface area contributed by atoms with Crippen LogP contribution in [-0.4, -0.2) is 41.7 Å². The fraction of sp³-hybridized carbons (Fsp3) is 0.241. The highest BCUT2D eigenvalue weighted by Crippen LogP contribution is 2.40. The van der Waals surface area contributed by atoms with Crippen LogP contribution in [0.3, 0.4) is 0 Å². The molecule has 43 heavy (non-hydrogen) atoms. The summed E-state index contributed by atoms with van der Waals surface area (Å²) in [6.07, 6.45) is -4.41. The molecule has 0 aliphatic carbocycles. The highest BCUT2D eigenvalue weighted by atomic mass is 35.5. The number of ether oxygens (including phenoxy) is 3. The van der Waals surface area contributed by atoms with E-state index in [-0.39, 0.29) is 46.6 Å². The number of hydrogen-bond acceptors (Lipinski definition) is 8. The lowest BCUT2D eigenvalue weighted by atomic mass is 10.1. The zero-order valence-electron chi connectivity index (χ0n) is 22.9. The molecule has 0 spiro atoms. The summed E-state index contributed by atoms with van der Waals surface area (Å²) in [5.74, 6) is -0.512. The molecule has 1 N–H and O–H groups in total. The molecule has 0 saturated carbocycles. The van der Waals surface area contributed by atoms with Gasteiger partial charge in [0.1, 0.15) is 17.4 Å². The molecule has 2 aromatic carbocycles. The Hall–Kier alpha value is -4.62. The molecule has 14 heteroatoms. The van der Waals surface area contributed by atoms with Gasteiger partial charge in [-0.05, 0) is 36.9 Å². The summed E-state index contributed by atoms with van der Waals surface area (Å²) in [4.78, 5) is 21.2. The van der Waals surface area contributed by atoms with Gasteiger partial charge in [0, 0.05) is 24.9 Å². The lowest BCUT2D eigenvalue weighted by Gasteiger charge is -2.20. The number of aromatic nitrogens is 5. The van der Waals surface area contributed by atoms with Crippen LogP contribution in [0.2, 0.25) is 5.02 Å². The molecule has 0 aliphatic rings. The number of halogens is 4. The third-order valence-corrected chi connectivity index (χ3v) is 6.68. The minimum atomic E-state index is -4.70. The summed E-state index contributed by atoms with van der Waals surface area (Å²) in [6.45, 7) is 3.23. The SMILES string of the molecule is CCn1c(COCc2ccccc2)nn(-c2cc(O[C@@H](C)C(F)(F)F)c3c(Oc4cc(O)ncc4Cl)nccc3c2)c1=O. The number of alkyl halides is 3. The van der Waals surface area contributed by atoms with Crippen LogP contribution in [0.25, 0.3) is 16.5 Å². The van der Waals surface area contributed by atoms with Crippen LogP contribution in [0.4, 0.5) is 13.2 Å². The third kappa shape index (κ3) is 6.57. The van der Waals surface area contributed by atoms with Gasteiger partial charge < -0.3 is 19.3 Å². The number of hydrogen-bond donors (Lipinski definition) is 1. The van der Waals surface area contributed by atoms with E-state index in [9.17, 15) is 23.1 Å². The van der Waals surface area contributed by atoms with Gasteiger partial charge in [-0.1, -0.05) is 41.9 Å². The summed E-state index contributed by atoms with van der Waals surface area (Å²) in [6, 6.07) is 14.9. The average Bonchev–Trinajstić information content (AvgIpc) is 3.29. The van der Waals surface area contributed by atoms with Gasteiger partial charge in [0.2, 0.25) is 11.8 Å². The van der Waals surface area contributed by atoms with Crippen LogP contribution < -0.4 is 15.2 Å². The van der Waals surface area contributed by atoms with Crippen molar-refractivity contribution in [3.05, 3.63) is 93.9 Å². The van der Waals surface area contributed by atoms with Crippen molar-refractivity contribution in [1.82, 2.24) is 24.3 Å². The van der Waals surface area contributed by atoms with Gasteiger partial charge in [-0.3, -0.25) is 4.57 Å². The van der Waals surface area contributed by atoms with E-state index in [0.717, 1.165) is 29.4 Å². The third-order valence-electron chi connectivity index (χ3n) is 6.40. The van der Waals surface area contributed by atoms with Crippen molar-refractivity contribution in [2.75, 3.05) is 0 Å². The molecular formula is C29H25ClF3N5O5. The Bertz CT molecular complexity index is 1810. The van der Waals surface area contributed by atoms with Gasteiger partial charge in [0.25, 0.3) is 0 Å². The minimum absolute atomic E-state index is 0.0223. The zero-order chi connectivity index (χ0) is 30.7. The molecular weight excluding hydrogens is 591 g/mol. The second kappa shape index (κ2) is 12.3. The summed E-state index contributed by atoms with van der Waals surface area (Å²) < 4.78 is 60.3. The summed E-state index contributed by atoms with van der Waals surface area (Å²) in [5.41, 5.74) is 0.576. The van der Waals surface area contributed by atoms with Crippen LogP contribution in [0.15, 0.2) is 71.8 Å². The van der Waals surface area contributed by atoms with Gasteiger partial charge in [-0.15, -0.1) is 5.10 Å². The topological polar surface area (TPSA) is 114 Å². The molecule has 3 aromatic heterocycles. The molecule has 0 radical (unpaired) electrons. The monoisotopic (exact) mass is 615 g/mol. The van der Waals surface area contributed by atoms with E-state index < -0.39 is 23.8 Å². The predicted octanol–water partition coefficient (Wildman–Crippen LogP) is 6.19. The molecule has 0 fully saturated rings. The van der Waals surface area contributed by atoms with E-state index >= 15 is 0 Å². The summed E-state index contributed by atoms with van der Waals surface area (Å²) >= 11 is 6.14. The Balaban J connectivity index is 1.58.